The van der Waals surface area contributed by atoms with Crippen molar-refractivity contribution < 1.29 is 39.0 Å². The molecule has 0 atom stereocenters. The summed E-state index contributed by atoms with van der Waals surface area (Å²) in [5, 5.41) is 0. The minimum atomic E-state index is -3.00. The predicted molar refractivity (Wildman–Crippen MR) is 15.8 cm³/mol. The van der Waals surface area contributed by atoms with Crippen LogP contribution in [0.3, 0.4) is 0 Å². The molecule has 0 rings (SSSR count). The minimum absolute atomic E-state index is 0. The Balaban J connectivity index is 0. The van der Waals surface area contributed by atoms with Gasteiger partial charge in [-0.25, -0.2) is 4.39 Å². The van der Waals surface area contributed by atoms with Gasteiger partial charge < -0.3 is 0 Å². The largest absolute Gasteiger partial charge is 1.00 e. The molecule has 0 aliphatic heterocycles. The molecule has 6 heteroatoms. The van der Waals surface area contributed by atoms with Gasteiger partial charge >= 0.3 is 17.1 Å². The topological polar surface area (TPSA) is 0 Å². The Bertz CT molecular complexity index is 105. The van der Waals surface area contributed by atoms with Crippen molar-refractivity contribution in [3.8, 4) is 0 Å². The molecule has 9 heavy (non-hydrogen) atoms. The van der Waals surface area contributed by atoms with Gasteiger partial charge in [0, 0.05) is 0 Å². The number of hydrogen-bond donors (Lipinski definition) is 0. The first-order valence-electron chi connectivity index (χ1n) is 1.44. The van der Waals surface area contributed by atoms with E-state index in [1.54, 1.807) is 0 Å². The molecular formula is C3CuF5. The van der Waals surface area contributed by atoms with E-state index in [1.807, 2.05) is 0 Å². The van der Waals surface area contributed by atoms with Gasteiger partial charge in [-0.1, -0.05) is 0 Å². The molecule has 0 unspecified atom stereocenters. The van der Waals surface area contributed by atoms with Crippen molar-refractivity contribution in [1.82, 2.24) is 0 Å². The average Bonchev–Trinajstić information content (AvgIpc) is 1.64. The van der Waals surface area contributed by atoms with E-state index in [0.717, 1.165) is 0 Å². The van der Waals surface area contributed by atoms with Crippen LogP contribution in [0, 0.1) is 6.43 Å². The van der Waals surface area contributed by atoms with Crippen LogP contribution in [0.4, 0.5) is 22.0 Å². The summed E-state index contributed by atoms with van der Waals surface area (Å²) in [7, 11) is 0. The predicted octanol–water partition coefficient (Wildman–Crippen LogP) is 2.49. The second-order valence-electron chi connectivity index (χ2n) is 0.835. The molecular weight excluding hydrogens is 195 g/mol. The standard InChI is InChI=1S/C3F5.Cu/c4-1(2(5)6)3(7)8;/q-1;+1. The Hall–Kier alpha value is -0.221. The molecule has 0 heterocycles. The fourth-order valence-corrected chi connectivity index (χ4v) is 0.0714. The summed E-state index contributed by atoms with van der Waals surface area (Å²) in [6.45, 7) is 0. The van der Waals surface area contributed by atoms with E-state index in [0.29, 0.717) is 0 Å². The van der Waals surface area contributed by atoms with Crippen LogP contribution in [0.15, 0.2) is 11.9 Å². The smallest absolute Gasteiger partial charge is 0.286 e. The Morgan fingerprint density at radius 3 is 1.33 bits per heavy atom. The molecule has 0 aromatic carbocycles. The molecule has 0 aliphatic carbocycles. The SMILES string of the molecule is FC(F)=C(F)[C-](F)F.[Cu+]. The van der Waals surface area contributed by atoms with Gasteiger partial charge in [-0.2, -0.15) is 0 Å². The van der Waals surface area contributed by atoms with Crippen LogP contribution < -0.4 is 0 Å². The number of hydrogen-bond acceptors (Lipinski definition) is 0. The summed E-state index contributed by atoms with van der Waals surface area (Å²) in [4.78, 5) is 0. The summed E-state index contributed by atoms with van der Waals surface area (Å²) in [6, 6.07) is 0. The third kappa shape index (κ3) is 4.29. The van der Waals surface area contributed by atoms with Gasteiger partial charge in [-0.3, -0.25) is 17.6 Å². The molecule has 0 saturated heterocycles. The molecule has 58 valence electrons. The Morgan fingerprint density at radius 1 is 1.00 bits per heavy atom. The zero-order chi connectivity index (χ0) is 6.73. The van der Waals surface area contributed by atoms with E-state index in [9.17, 15) is 22.0 Å². The Kier molecular flexibility index (Phi) is 5.96. The summed E-state index contributed by atoms with van der Waals surface area (Å²) in [5.74, 6) is -2.73. The van der Waals surface area contributed by atoms with Gasteiger partial charge in [0.2, 0.25) is 0 Å². The maximum atomic E-state index is 11.0. The van der Waals surface area contributed by atoms with Crippen LogP contribution in [0.25, 0.3) is 0 Å². The van der Waals surface area contributed by atoms with Crippen molar-refractivity contribution in [2.75, 3.05) is 0 Å². The van der Waals surface area contributed by atoms with Gasteiger partial charge in [0.1, 0.15) is 12.5 Å². The second-order valence-corrected chi connectivity index (χ2v) is 0.835. The first-order chi connectivity index (χ1) is 3.55. The van der Waals surface area contributed by atoms with Gasteiger partial charge in [0.05, 0.1) is 5.83 Å². The maximum absolute atomic E-state index is 11.0. The fraction of sp³-hybridized carbons (Fsp3) is 0. The van der Waals surface area contributed by atoms with E-state index < -0.39 is 18.3 Å². The van der Waals surface area contributed by atoms with Crippen molar-refractivity contribution in [3.05, 3.63) is 18.3 Å². The summed E-state index contributed by atoms with van der Waals surface area (Å²) in [5.41, 5.74) is 0. The summed E-state index contributed by atoms with van der Waals surface area (Å²) in [6.07, 6.45) is -5.99. The summed E-state index contributed by atoms with van der Waals surface area (Å²) >= 11 is 0. The van der Waals surface area contributed by atoms with Crippen molar-refractivity contribution in [2.45, 2.75) is 0 Å². The zero-order valence-corrected chi connectivity index (χ0v) is 4.63. The second kappa shape index (κ2) is 4.64. The first-order valence-corrected chi connectivity index (χ1v) is 1.44. The Labute approximate surface area is 58.2 Å². The van der Waals surface area contributed by atoms with Crippen molar-refractivity contribution in [2.24, 2.45) is 0 Å². The molecule has 0 aromatic heterocycles. The van der Waals surface area contributed by atoms with E-state index in [-0.39, 0.29) is 17.1 Å². The van der Waals surface area contributed by atoms with Crippen LogP contribution in [0.2, 0.25) is 0 Å². The van der Waals surface area contributed by atoms with Gasteiger partial charge in [0.25, 0.3) is 0 Å². The van der Waals surface area contributed by atoms with Crippen LogP contribution in [0.1, 0.15) is 0 Å². The first kappa shape index (κ1) is 11.6. The monoisotopic (exact) mass is 194 g/mol. The number of rotatable bonds is 1. The van der Waals surface area contributed by atoms with Crippen molar-refractivity contribution >= 4 is 0 Å². The Morgan fingerprint density at radius 2 is 1.33 bits per heavy atom. The molecule has 0 aliphatic rings. The number of allylic oxidation sites excluding steroid dienone is 1. The normalized spacial score (nSPS) is 7.67. The van der Waals surface area contributed by atoms with Crippen LogP contribution in [-0.2, 0) is 17.1 Å². The summed E-state index contributed by atoms with van der Waals surface area (Å²) < 4.78 is 53.7. The van der Waals surface area contributed by atoms with Gasteiger partial charge in [0.15, 0.2) is 0 Å². The van der Waals surface area contributed by atoms with Gasteiger partial charge in [-0.05, 0) is 0 Å². The molecule has 0 amide bonds. The van der Waals surface area contributed by atoms with E-state index in [2.05, 4.69) is 0 Å². The average molecular weight is 195 g/mol. The molecule has 0 bridgehead atoms. The molecule has 0 aromatic rings. The van der Waals surface area contributed by atoms with Crippen LogP contribution in [0.5, 0.6) is 0 Å². The quantitative estimate of drug-likeness (QED) is 0.342. The molecule has 0 fully saturated rings. The van der Waals surface area contributed by atoms with Crippen molar-refractivity contribution in [1.29, 1.82) is 0 Å². The van der Waals surface area contributed by atoms with E-state index in [1.165, 1.54) is 0 Å². The van der Waals surface area contributed by atoms with Crippen LogP contribution in [-0.4, -0.2) is 0 Å². The third-order valence-corrected chi connectivity index (χ3v) is 0.332. The molecule has 0 nitrogen and oxygen atoms in total. The van der Waals surface area contributed by atoms with E-state index >= 15 is 0 Å². The third-order valence-electron chi connectivity index (χ3n) is 0.332. The van der Waals surface area contributed by atoms with E-state index in [4.69, 9.17) is 0 Å². The fourth-order valence-electron chi connectivity index (χ4n) is 0.0714. The maximum Gasteiger partial charge on any atom is 1.00 e. The molecule has 0 radical (unpaired) electrons. The van der Waals surface area contributed by atoms with Crippen LogP contribution >= 0.6 is 0 Å². The molecule has 0 saturated carbocycles. The molecule has 0 spiro atoms. The van der Waals surface area contributed by atoms with Gasteiger partial charge in [-0.15, -0.1) is 0 Å². The molecule has 0 N–H and O–H groups in total. The number of halogens is 5. The van der Waals surface area contributed by atoms with Crippen molar-refractivity contribution in [3.63, 3.8) is 0 Å². The zero-order valence-electron chi connectivity index (χ0n) is 3.69. The minimum Gasteiger partial charge on any atom is -0.286 e.